The number of amides is 1. The van der Waals surface area contributed by atoms with Crippen LogP contribution in [-0.4, -0.2) is 21.3 Å². The molecule has 1 N–H and O–H groups in total. The van der Waals surface area contributed by atoms with Crippen LogP contribution in [0.15, 0.2) is 11.6 Å². The van der Waals surface area contributed by atoms with E-state index in [9.17, 15) is 4.79 Å². The predicted octanol–water partition coefficient (Wildman–Crippen LogP) is 2.19. The zero-order chi connectivity index (χ0) is 11.0. The van der Waals surface area contributed by atoms with Gasteiger partial charge in [0.2, 0.25) is 0 Å². The Balaban J connectivity index is 2.45. The maximum atomic E-state index is 11.8. The molecule has 0 saturated carbocycles. The molecule has 0 spiro atoms. The van der Waals surface area contributed by atoms with Gasteiger partial charge in [-0.15, -0.1) is 11.3 Å². The lowest BCUT2D eigenvalue weighted by Gasteiger charge is -2.07. The lowest BCUT2D eigenvalue weighted by Crippen LogP contribution is -2.31. The van der Waals surface area contributed by atoms with Gasteiger partial charge < -0.3 is 5.32 Å². The molecule has 2 aromatic heterocycles. The average Bonchev–Trinajstić information content (AvgIpc) is 2.60. The highest BCUT2D eigenvalue weighted by molar-refractivity contribution is 7.15. The number of rotatable bonds is 2. The van der Waals surface area contributed by atoms with Gasteiger partial charge in [-0.1, -0.05) is 11.6 Å². The number of fused-ring (bicyclic) bond motifs is 1. The van der Waals surface area contributed by atoms with Gasteiger partial charge in [-0.25, -0.2) is 4.98 Å². The number of carbonyl (C=O) groups excluding carboxylic acids is 1. The number of hydrogen-bond acceptors (Lipinski definition) is 3. The first-order chi connectivity index (χ1) is 7.09. The number of halogens is 1. The van der Waals surface area contributed by atoms with Gasteiger partial charge in [0.1, 0.15) is 0 Å². The van der Waals surface area contributed by atoms with E-state index in [4.69, 9.17) is 11.6 Å². The minimum atomic E-state index is -0.194. The van der Waals surface area contributed by atoms with Crippen LogP contribution in [0, 0.1) is 0 Å². The largest absolute Gasteiger partial charge is 0.348 e. The third-order valence-corrected chi connectivity index (χ3v) is 2.87. The summed E-state index contributed by atoms with van der Waals surface area (Å²) in [6.07, 6.45) is 1.79. The number of nitrogens with zero attached hydrogens (tertiary/aromatic N) is 2. The summed E-state index contributed by atoms with van der Waals surface area (Å²) in [7, 11) is 0. The summed E-state index contributed by atoms with van der Waals surface area (Å²) >= 11 is 7.35. The Morgan fingerprint density at radius 1 is 1.67 bits per heavy atom. The highest BCUT2D eigenvalue weighted by atomic mass is 35.5. The van der Waals surface area contributed by atoms with Gasteiger partial charge in [0.15, 0.2) is 15.8 Å². The van der Waals surface area contributed by atoms with Crippen LogP contribution in [0.2, 0.25) is 5.15 Å². The number of nitrogens with one attached hydrogen (secondary N) is 1. The summed E-state index contributed by atoms with van der Waals surface area (Å²) in [4.78, 5) is 16.6. The van der Waals surface area contributed by atoms with Gasteiger partial charge in [-0.3, -0.25) is 9.20 Å². The first kappa shape index (κ1) is 10.4. The van der Waals surface area contributed by atoms with E-state index in [-0.39, 0.29) is 17.1 Å². The highest BCUT2D eigenvalue weighted by Gasteiger charge is 2.18. The third kappa shape index (κ3) is 1.85. The fourth-order valence-corrected chi connectivity index (χ4v) is 2.31. The van der Waals surface area contributed by atoms with E-state index in [0.29, 0.717) is 5.69 Å². The van der Waals surface area contributed by atoms with Gasteiger partial charge in [0, 0.05) is 17.6 Å². The predicted molar refractivity (Wildman–Crippen MR) is 60.7 cm³/mol. The van der Waals surface area contributed by atoms with E-state index < -0.39 is 0 Å². The molecule has 4 nitrogen and oxygen atoms in total. The summed E-state index contributed by atoms with van der Waals surface area (Å²) < 4.78 is 1.70. The summed E-state index contributed by atoms with van der Waals surface area (Å²) in [6.45, 7) is 3.80. The van der Waals surface area contributed by atoms with Crippen LogP contribution in [0.25, 0.3) is 4.96 Å². The molecule has 2 rings (SSSR count). The number of thiazole rings is 1. The molecule has 0 aromatic carbocycles. The maximum absolute atomic E-state index is 11.8. The van der Waals surface area contributed by atoms with E-state index in [0.717, 1.165) is 4.96 Å². The zero-order valence-corrected chi connectivity index (χ0v) is 9.89. The van der Waals surface area contributed by atoms with Crippen molar-refractivity contribution in [1.29, 1.82) is 0 Å². The molecule has 2 aromatic rings. The van der Waals surface area contributed by atoms with Gasteiger partial charge in [-0.05, 0) is 13.8 Å². The van der Waals surface area contributed by atoms with E-state index in [2.05, 4.69) is 10.3 Å². The Morgan fingerprint density at radius 3 is 3.07 bits per heavy atom. The molecule has 0 bridgehead atoms. The first-order valence-corrected chi connectivity index (χ1v) is 5.77. The van der Waals surface area contributed by atoms with Crippen molar-refractivity contribution in [2.45, 2.75) is 19.9 Å². The van der Waals surface area contributed by atoms with Crippen molar-refractivity contribution in [3.63, 3.8) is 0 Å². The number of carbonyl (C=O) groups is 1. The molecule has 0 fully saturated rings. The molecule has 0 aliphatic rings. The Labute approximate surface area is 95.9 Å². The summed E-state index contributed by atoms with van der Waals surface area (Å²) in [5.41, 5.74) is 0.404. The van der Waals surface area contributed by atoms with Crippen LogP contribution in [0.4, 0.5) is 0 Å². The lowest BCUT2D eigenvalue weighted by molar-refractivity contribution is 0.0937. The van der Waals surface area contributed by atoms with Crippen molar-refractivity contribution in [2.24, 2.45) is 0 Å². The van der Waals surface area contributed by atoms with Crippen molar-refractivity contribution < 1.29 is 4.79 Å². The molecule has 2 heterocycles. The van der Waals surface area contributed by atoms with Crippen molar-refractivity contribution in [2.75, 3.05) is 0 Å². The van der Waals surface area contributed by atoms with E-state index in [1.54, 1.807) is 10.6 Å². The van der Waals surface area contributed by atoms with Gasteiger partial charge in [-0.2, -0.15) is 0 Å². The average molecular weight is 244 g/mol. The van der Waals surface area contributed by atoms with Crippen LogP contribution in [0.1, 0.15) is 24.3 Å². The number of imidazole rings is 1. The molecule has 1 amide bonds. The second kappa shape index (κ2) is 3.83. The Hall–Kier alpha value is -1.07. The summed E-state index contributed by atoms with van der Waals surface area (Å²) in [5.74, 6) is -0.194. The van der Waals surface area contributed by atoms with Crippen LogP contribution in [-0.2, 0) is 0 Å². The molecule has 0 atom stereocenters. The van der Waals surface area contributed by atoms with E-state index >= 15 is 0 Å². The minimum absolute atomic E-state index is 0.0813. The smallest absolute Gasteiger partial charge is 0.271 e. The van der Waals surface area contributed by atoms with Gasteiger partial charge >= 0.3 is 0 Å². The molecular formula is C9H10ClN3OS. The molecule has 0 aliphatic heterocycles. The molecule has 15 heavy (non-hydrogen) atoms. The van der Waals surface area contributed by atoms with E-state index in [1.165, 1.54) is 11.3 Å². The van der Waals surface area contributed by atoms with Crippen molar-refractivity contribution in [3.8, 4) is 0 Å². The fourth-order valence-electron chi connectivity index (χ4n) is 1.29. The third-order valence-electron chi connectivity index (χ3n) is 1.85. The Morgan fingerprint density at radius 2 is 2.40 bits per heavy atom. The topological polar surface area (TPSA) is 46.4 Å². The maximum Gasteiger partial charge on any atom is 0.271 e. The Bertz CT molecular complexity index is 502. The highest BCUT2D eigenvalue weighted by Crippen LogP contribution is 2.21. The summed E-state index contributed by atoms with van der Waals surface area (Å²) in [6, 6.07) is 0.0813. The fraction of sp³-hybridized carbons (Fsp3) is 0.333. The molecule has 80 valence electrons. The number of hydrogen-bond donors (Lipinski definition) is 1. The van der Waals surface area contributed by atoms with Crippen LogP contribution in [0.5, 0.6) is 0 Å². The normalized spacial score (nSPS) is 11.2. The first-order valence-electron chi connectivity index (χ1n) is 4.51. The van der Waals surface area contributed by atoms with Crippen LogP contribution >= 0.6 is 22.9 Å². The standard InChI is InChI=1S/C9H10ClN3OS/c1-5(2)11-8(14)6-7(10)12-9-13(6)3-4-15-9/h3-5H,1-2H3,(H,11,14). The number of aromatic nitrogens is 2. The van der Waals surface area contributed by atoms with Crippen LogP contribution in [0.3, 0.4) is 0 Å². The van der Waals surface area contributed by atoms with Crippen molar-refractivity contribution in [3.05, 3.63) is 22.4 Å². The van der Waals surface area contributed by atoms with Crippen LogP contribution < -0.4 is 5.32 Å². The van der Waals surface area contributed by atoms with E-state index in [1.807, 2.05) is 19.2 Å². The molecule has 0 aliphatic carbocycles. The second-order valence-electron chi connectivity index (χ2n) is 3.43. The van der Waals surface area contributed by atoms with Gasteiger partial charge in [0.25, 0.3) is 5.91 Å². The van der Waals surface area contributed by atoms with Crippen molar-refractivity contribution >= 4 is 33.8 Å². The molecule has 0 unspecified atom stereocenters. The molecular weight excluding hydrogens is 234 g/mol. The molecule has 0 saturated heterocycles. The minimum Gasteiger partial charge on any atom is -0.348 e. The second-order valence-corrected chi connectivity index (χ2v) is 4.67. The van der Waals surface area contributed by atoms with Gasteiger partial charge in [0.05, 0.1) is 0 Å². The molecule has 0 radical (unpaired) electrons. The van der Waals surface area contributed by atoms with Crippen molar-refractivity contribution in [1.82, 2.24) is 14.7 Å². The zero-order valence-electron chi connectivity index (χ0n) is 8.32. The summed E-state index contributed by atoms with van der Waals surface area (Å²) in [5, 5.41) is 4.90. The SMILES string of the molecule is CC(C)NC(=O)c1c(Cl)nc2sccn12. The lowest BCUT2D eigenvalue weighted by atomic mass is 10.3. The monoisotopic (exact) mass is 243 g/mol. The molecule has 6 heteroatoms. The quantitative estimate of drug-likeness (QED) is 0.879. The Kier molecular flexibility index (Phi) is 2.67.